The quantitative estimate of drug-likeness (QED) is 0.208. The number of aryl methyl sites for hydroxylation is 1. The summed E-state index contributed by atoms with van der Waals surface area (Å²) < 4.78 is 2.28. The van der Waals surface area contributed by atoms with Gasteiger partial charge in [-0.2, -0.15) is 0 Å². The van der Waals surface area contributed by atoms with Crippen molar-refractivity contribution in [2.75, 3.05) is 0 Å². The van der Waals surface area contributed by atoms with E-state index in [0.29, 0.717) is 0 Å². The molecular weight excluding hydrogens is 496 g/mol. The molecule has 0 N–H and O–H groups in total. The van der Waals surface area contributed by atoms with Crippen molar-refractivity contribution in [3.05, 3.63) is 91.9 Å². The largest absolute Gasteiger partial charge is 0.0619 e. The molecule has 0 bridgehead atoms. The van der Waals surface area contributed by atoms with Gasteiger partial charge in [0, 0.05) is 14.5 Å². The van der Waals surface area contributed by atoms with Gasteiger partial charge >= 0.3 is 0 Å². The molecule has 2 heteroatoms. The Morgan fingerprint density at radius 1 is 0.733 bits per heavy atom. The van der Waals surface area contributed by atoms with Crippen LogP contribution in [-0.2, 0) is 18.3 Å². The van der Waals surface area contributed by atoms with Gasteiger partial charge in [0.1, 0.15) is 0 Å². The molecule has 0 unspecified atom stereocenters. The van der Waals surface area contributed by atoms with Crippen LogP contribution in [0.1, 0.15) is 42.5 Å². The van der Waals surface area contributed by atoms with Gasteiger partial charge in [-0.25, -0.2) is 0 Å². The Balaban J connectivity index is 1.89. The van der Waals surface area contributed by atoms with Crippen LogP contribution in [0.5, 0.6) is 0 Å². The van der Waals surface area contributed by atoms with E-state index in [4.69, 9.17) is 0 Å². The zero-order chi connectivity index (χ0) is 20.6. The molecule has 0 saturated carbocycles. The zero-order valence-corrected chi connectivity index (χ0v) is 20.3. The number of halogens is 2. The third-order valence-electron chi connectivity index (χ3n) is 7.09. The highest BCUT2D eigenvalue weighted by atomic mass is 79.9. The van der Waals surface area contributed by atoms with Gasteiger partial charge in [0.2, 0.25) is 0 Å². The molecule has 0 nitrogen and oxygen atoms in total. The second-order valence-corrected chi connectivity index (χ2v) is 11.0. The number of benzene rings is 4. The van der Waals surface area contributed by atoms with Crippen molar-refractivity contribution >= 4 is 42.6 Å². The standard InChI is InChI=1S/C28H22Br2/c1-28(2)14-13-16-8-5-10-19-23(16)27(28)20-15-17-7-3-4-9-18(17)24(20)25(19)26-21(29)11-6-12-22(26)30/h3-12H,13-15H2,1-2H3. The van der Waals surface area contributed by atoms with Crippen LogP contribution in [0.25, 0.3) is 33.0 Å². The molecule has 2 aliphatic rings. The Kier molecular flexibility index (Phi) is 4.11. The Morgan fingerprint density at radius 3 is 2.23 bits per heavy atom. The Hall–Kier alpha value is -1.90. The van der Waals surface area contributed by atoms with Crippen LogP contribution in [0.15, 0.2) is 69.6 Å². The molecule has 0 aliphatic heterocycles. The Labute approximate surface area is 194 Å². The van der Waals surface area contributed by atoms with Crippen LogP contribution in [-0.4, -0.2) is 0 Å². The first kappa shape index (κ1) is 18.8. The first-order chi connectivity index (χ1) is 14.5. The van der Waals surface area contributed by atoms with Gasteiger partial charge in [-0.3, -0.25) is 0 Å². The third kappa shape index (κ3) is 2.50. The molecule has 0 saturated heterocycles. The zero-order valence-electron chi connectivity index (χ0n) is 17.2. The van der Waals surface area contributed by atoms with Crippen molar-refractivity contribution in [1.29, 1.82) is 0 Å². The molecule has 148 valence electrons. The molecule has 0 amide bonds. The number of fused-ring (bicyclic) bond motifs is 4. The van der Waals surface area contributed by atoms with Crippen LogP contribution >= 0.6 is 31.9 Å². The molecule has 2 aliphatic carbocycles. The molecule has 0 spiro atoms. The minimum absolute atomic E-state index is 0.183. The lowest BCUT2D eigenvalue weighted by Gasteiger charge is -2.36. The van der Waals surface area contributed by atoms with Gasteiger partial charge in [-0.15, -0.1) is 0 Å². The van der Waals surface area contributed by atoms with E-state index in [0.717, 1.165) is 21.8 Å². The maximum absolute atomic E-state index is 3.88. The van der Waals surface area contributed by atoms with Crippen molar-refractivity contribution in [2.45, 2.75) is 38.5 Å². The molecular formula is C28H22Br2. The minimum Gasteiger partial charge on any atom is -0.0619 e. The van der Waals surface area contributed by atoms with Crippen LogP contribution in [0.3, 0.4) is 0 Å². The van der Waals surface area contributed by atoms with Crippen LogP contribution in [0, 0.1) is 0 Å². The molecule has 0 aromatic heterocycles. The summed E-state index contributed by atoms with van der Waals surface area (Å²) in [6, 6.07) is 22.3. The number of hydrogen-bond donors (Lipinski definition) is 0. The van der Waals surface area contributed by atoms with Crippen molar-refractivity contribution in [2.24, 2.45) is 0 Å². The van der Waals surface area contributed by atoms with Gasteiger partial charge in [0.25, 0.3) is 0 Å². The topological polar surface area (TPSA) is 0 Å². The molecule has 0 heterocycles. The lowest BCUT2D eigenvalue weighted by atomic mass is 9.68. The molecule has 6 rings (SSSR count). The number of hydrogen-bond acceptors (Lipinski definition) is 0. The molecule has 4 aromatic rings. The summed E-state index contributed by atoms with van der Waals surface area (Å²) >= 11 is 7.76. The van der Waals surface area contributed by atoms with E-state index in [2.05, 4.69) is 106 Å². The first-order valence-corrected chi connectivity index (χ1v) is 12.2. The van der Waals surface area contributed by atoms with E-state index in [1.165, 1.54) is 50.6 Å². The normalized spacial score (nSPS) is 15.9. The third-order valence-corrected chi connectivity index (χ3v) is 8.41. The second-order valence-electron chi connectivity index (χ2n) is 9.26. The second kappa shape index (κ2) is 6.55. The maximum Gasteiger partial charge on any atom is 0.0265 e. The fourth-order valence-electron chi connectivity index (χ4n) is 5.77. The minimum atomic E-state index is 0.183. The van der Waals surface area contributed by atoms with E-state index < -0.39 is 0 Å². The van der Waals surface area contributed by atoms with Crippen molar-refractivity contribution < 1.29 is 0 Å². The predicted molar refractivity (Wildman–Crippen MR) is 134 cm³/mol. The highest BCUT2D eigenvalue weighted by Crippen LogP contribution is 2.55. The lowest BCUT2D eigenvalue weighted by Crippen LogP contribution is -2.25. The van der Waals surface area contributed by atoms with Gasteiger partial charge < -0.3 is 0 Å². The molecule has 0 radical (unpaired) electrons. The summed E-state index contributed by atoms with van der Waals surface area (Å²) in [5.74, 6) is 0. The van der Waals surface area contributed by atoms with E-state index in [1.807, 2.05) is 0 Å². The monoisotopic (exact) mass is 516 g/mol. The lowest BCUT2D eigenvalue weighted by molar-refractivity contribution is 0.471. The van der Waals surface area contributed by atoms with Crippen molar-refractivity contribution in [1.82, 2.24) is 0 Å². The molecule has 30 heavy (non-hydrogen) atoms. The molecule has 0 atom stereocenters. The smallest absolute Gasteiger partial charge is 0.0265 e. The summed E-state index contributed by atoms with van der Waals surface area (Å²) in [4.78, 5) is 0. The Bertz CT molecular complexity index is 1340. The average Bonchev–Trinajstić information content (AvgIpc) is 3.10. The summed E-state index contributed by atoms with van der Waals surface area (Å²) in [6.07, 6.45) is 3.39. The number of rotatable bonds is 1. The van der Waals surface area contributed by atoms with Crippen molar-refractivity contribution in [3.63, 3.8) is 0 Å². The van der Waals surface area contributed by atoms with Gasteiger partial charge in [-0.05, 0) is 86.5 Å². The summed E-state index contributed by atoms with van der Waals surface area (Å²) in [7, 11) is 0. The predicted octanol–water partition coefficient (Wildman–Crippen LogP) is 8.83. The summed E-state index contributed by atoms with van der Waals surface area (Å²) in [5, 5.41) is 2.89. The highest BCUT2D eigenvalue weighted by Gasteiger charge is 2.37. The van der Waals surface area contributed by atoms with Gasteiger partial charge in [-0.1, -0.05) is 94.2 Å². The summed E-state index contributed by atoms with van der Waals surface area (Å²) in [5.41, 5.74) is 11.7. The Morgan fingerprint density at radius 2 is 1.43 bits per heavy atom. The van der Waals surface area contributed by atoms with Gasteiger partial charge in [0.05, 0.1) is 0 Å². The van der Waals surface area contributed by atoms with E-state index in [-0.39, 0.29) is 5.41 Å². The van der Waals surface area contributed by atoms with E-state index >= 15 is 0 Å². The van der Waals surface area contributed by atoms with Crippen molar-refractivity contribution in [3.8, 4) is 22.3 Å². The maximum atomic E-state index is 3.88. The van der Waals surface area contributed by atoms with E-state index in [9.17, 15) is 0 Å². The average molecular weight is 518 g/mol. The van der Waals surface area contributed by atoms with E-state index in [1.54, 1.807) is 11.1 Å². The highest BCUT2D eigenvalue weighted by molar-refractivity contribution is 9.11. The van der Waals surface area contributed by atoms with Gasteiger partial charge in [0.15, 0.2) is 0 Å². The molecule has 4 aromatic carbocycles. The first-order valence-electron chi connectivity index (χ1n) is 10.6. The fourth-order valence-corrected chi connectivity index (χ4v) is 7.17. The van der Waals surface area contributed by atoms with Crippen LogP contribution in [0.2, 0.25) is 0 Å². The SMILES string of the molecule is CC1(C)CCc2cccc3c(-c4c(Br)cccc4Br)c4c(c1c23)Cc1ccccc1-4. The van der Waals surface area contributed by atoms with Crippen LogP contribution < -0.4 is 0 Å². The summed E-state index contributed by atoms with van der Waals surface area (Å²) in [6.45, 7) is 4.88. The molecule has 0 fully saturated rings. The van der Waals surface area contributed by atoms with Crippen LogP contribution in [0.4, 0.5) is 0 Å². The fraction of sp³-hybridized carbons (Fsp3) is 0.214.